The SMILES string of the molecule is C#CCCCO[C@H]1O[C@@H](CO)[C@@H](O)[C@@H](O)[C@@H]1NC(C)=O. The van der Waals surface area contributed by atoms with Gasteiger partial charge in [0, 0.05) is 13.3 Å². The van der Waals surface area contributed by atoms with Gasteiger partial charge in [-0.25, -0.2) is 0 Å². The van der Waals surface area contributed by atoms with Gasteiger partial charge in [0.25, 0.3) is 0 Å². The number of unbranched alkanes of at least 4 members (excludes halogenated alkanes) is 1. The Morgan fingerprint density at radius 2 is 2.15 bits per heavy atom. The number of hydrogen-bond acceptors (Lipinski definition) is 6. The molecule has 0 aliphatic carbocycles. The molecule has 7 heteroatoms. The van der Waals surface area contributed by atoms with Gasteiger partial charge >= 0.3 is 0 Å². The van der Waals surface area contributed by atoms with Gasteiger partial charge in [0.1, 0.15) is 24.4 Å². The van der Waals surface area contributed by atoms with Crippen LogP contribution in [0, 0.1) is 12.3 Å². The van der Waals surface area contributed by atoms with E-state index in [1.165, 1.54) is 6.92 Å². The summed E-state index contributed by atoms with van der Waals surface area (Å²) in [5.41, 5.74) is 0. The van der Waals surface area contributed by atoms with E-state index >= 15 is 0 Å². The maximum Gasteiger partial charge on any atom is 0.217 e. The number of nitrogens with one attached hydrogen (secondary N) is 1. The number of amides is 1. The average Bonchev–Trinajstić information content (AvgIpc) is 2.41. The van der Waals surface area contributed by atoms with Gasteiger partial charge in [-0.1, -0.05) is 0 Å². The highest BCUT2D eigenvalue weighted by molar-refractivity contribution is 5.73. The van der Waals surface area contributed by atoms with Crippen molar-refractivity contribution in [1.82, 2.24) is 5.32 Å². The van der Waals surface area contributed by atoms with Crippen LogP contribution in [0.15, 0.2) is 0 Å². The Kier molecular flexibility index (Phi) is 6.91. The first kappa shape index (κ1) is 16.9. The van der Waals surface area contributed by atoms with Crippen LogP contribution in [0.4, 0.5) is 0 Å². The second-order valence-corrected chi connectivity index (χ2v) is 4.61. The molecule has 1 heterocycles. The molecule has 0 radical (unpaired) electrons. The minimum absolute atomic E-state index is 0.284. The number of aliphatic hydroxyl groups excluding tert-OH is 3. The lowest BCUT2D eigenvalue weighted by Crippen LogP contribution is -2.64. The molecule has 0 aromatic rings. The van der Waals surface area contributed by atoms with Crippen molar-refractivity contribution in [2.24, 2.45) is 0 Å². The van der Waals surface area contributed by atoms with Crippen LogP contribution < -0.4 is 5.32 Å². The molecule has 0 saturated carbocycles. The topological polar surface area (TPSA) is 108 Å². The molecule has 0 aromatic carbocycles. The standard InChI is InChI=1S/C13H21NO6/c1-3-4-5-6-19-13-10(14-8(2)16)12(18)11(17)9(7-15)20-13/h1,9-13,15,17-18H,4-7H2,2H3,(H,14,16)/t9-,10-,11+,12-,13-/m0/s1. The lowest BCUT2D eigenvalue weighted by Gasteiger charge is -2.42. The maximum absolute atomic E-state index is 11.1. The lowest BCUT2D eigenvalue weighted by molar-refractivity contribution is -0.270. The van der Waals surface area contributed by atoms with Crippen molar-refractivity contribution in [3.05, 3.63) is 0 Å². The number of hydrogen-bond donors (Lipinski definition) is 4. The Hall–Kier alpha value is -1.17. The Bertz CT molecular complexity index is 355. The fraction of sp³-hybridized carbons (Fsp3) is 0.769. The summed E-state index contributed by atoms with van der Waals surface area (Å²) in [5, 5.41) is 31.4. The molecule has 0 aromatic heterocycles. The maximum atomic E-state index is 11.1. The van der Waals surface area contributed by atoms with E-state index in [4.69, 9.17) is 21.0 Å². The quantitative estimate of drug-likeness (QED) is 0.345. The van der Waals surface area contributed by atoms with Crippen LogP contribution >= 0.6 is 0 Å². The summed E-state index contributed by atoms with van der Waals surface area (Å²) in [5.74, 6) is 2.08. The first-order valence-electron chi connectivity index (χ1n) is 6.46. The number of rotatable bonds is 6. The van der Waals surface area contributed by atoms with Crippen LogP contribution in [0.1, 0.15) is 19.8 Å². The van der Waals surface area contributed by atoms with Crippen LogP contribution in [0.5, 0.6) is 0 Å². The molecule has 1 saturated heterocycles. The molecule has 1 aliphatic heterocycles. The van der Waals surface area contributed by atoms with E-state index in [-0.39, 0.29) is 12.5 Å². The second-order valence-electron chi connectivity index (χ2n) is 4.61. The molecule has 1 fully saturated rings. The zero-order valence-electron chi connectivity index (χ0n) is 11.4. The highest BCUT2D eigenvalue weighted by atomic mass is 16.7. The van der Waals surface area contributed by atoms with Gasteiger partial charge in [-0.15, -0.1) is 12.3 Å². The van der Waals surface area contributed by atoms with Crippen LogP contribution in [-0.4, -0.2) is 65.1 Å². The summed E-state index contributed by atoms with van der Waals surface area (Å²) in [6.45, 7) is 1.10. The second kappa shape index (κ2) is 8.19. The molecule has 1 rings (SSSR count). The highest BCUT2D eigenvalue weighted by Crippen LogP contribution is 2.22. The molecule has 7 nitrogen and oxygen atoms in total. The molecule has 5 atom stereocenters. The molecule has 1 aliphatic rings. The van der Waals surface area contributed by atoms with E-state index in [9.17, 15) is 15.0 Å². The zero-order chi connectivity index (χ0) is 15.1. The Morgan fingerprint density at radius 1 is 1.45 bits per heavy atom. The van der Waals surface area contributed by atoms with Crippen LogP contribution in [-0.2, 0) is 14.3 Å². The van der Waals surface area contributed by atoms with Crippen molar-refractivity contribution in [2.75, 3.05) is 13.2 Å². The summed E-state index contributed by atoms with van der Waals surface area (Å²) in [6, 6.07) is -0.906. The number of carbonyl (C=O) groups is 1. The van der Waals surface area contributed by atoms with Crippen molar-refractivity contribution in [1.29, 1.82) is 0 Å². The summed E-state index contributed by atoms with van der Waals surface area (Å²) in [4.78, 5) is 11.1. The van der Waals surface area contributed by atoms with Gasteiger partial charge in [0.15, 0.2) is 6.29 Å². The van der Waals surface area contributed by atoms with E-state index < -0.39 is 37.3 Å². The largest absolute Gasteiger partial charge is 0.394 e. The van der Waals surface area contributed by atoms with Crippen LogP contribution in [0.3, 0.4) is 0 Å². The van der Waals surface area contributed by atoms with Gasteiger partial charge in [0.05, 0.1) is 13.2 Å². The molecular weight excluding hydrogens is 266 g/mol. The Labute approximate surface area is 117 Å². The van der Waals surface area contributed by atoms with Gasteiger partial charge in [-0.05, 0) is 6.42 Å². The molecular formula is C13H21NO6. The summed E-state index contributed by atoms with van der Waals surface area (Å²) < 4.78 is 10.8. The zero-order valence-corrected chi connectivity index (χ0v) is 11.4. The van der Waals surface area contributed by atoms with Gasteiger partial charge in [0.2, 0.25) is 5.91 Å². The third-order valence-corrected chi connectivity index (χ3v) is 3.00. The lowest BCUT2D eigenvalue weighted by atomic mass is 9.97. The summed E-state index contributed by atoms with van der Waals surface area (Å²) in [7, 11) is 0. The Balaban J connectivity index is 2.68. The summed E-state index contributed by atoms with van der Waals surface area (Å²) in [6.07, 6.45) is 1.75. The van der Waals surface area contributed by atoms with Crippen molar-refractivity contribution >= 4 is 5.91 Å². The van der Waals surface area contributed by atoms with Crippen molar-refractivity contribution < 1.29 is 29.6 Å². The fourth-order valence-electron chi connectivity index (χ4n) is 1.99. The van der Waals surface area contributed by atoms with Gasteiger partial charge in [-0.3, -0.25) is 4.79 Å². The molecule has 114 valence electrons. The van der Waals surface area contributed by atoms with E-state index in [0.717, 1.165) is 0 Å². The third kappa shape index (κ3) is 4.44. The van der Waals surface area contributed by atoms with Crippen LogP contribution in [0.25, 0.3) is 0 Å². The molecule has 20 heavy (non-hydrogen) atoms. The van der Waals surface area contributed by atoms with Crippen LogP contribution in [0.2, 0.25) is 0 Å². The molecule has 0 bridgehead atoms. The number of aliphatic hydroxyl groups is 3. The minimum atomic E-state index is -1.30. The molecule has 0 spiro atoms. The predicted molar refractivity (Wildman–Crippen MR) is 69.4 cm³/mol. The third-order valence-electron chi connectivity index (χ3n) is 3.00. The Morgan fingerprint density at radius 3 is 2.70 bits per heavy atom. The fourth-order valence-corrected chi connectivity index (χ4v) is 1.99. The molecule has 1 amide bonds. The van der Waals surface area contributed by atoms with Crippen molar-refractivity contribution in [3.8, 4) is 12.3 Å². The number of carbonyl (C=O) groups excluding carboxylic acids is 1. The first-order chi connectivity index (χ1) is 9.51. The predicted octanol–water partition coefficient (Wildman–Crippen LogP) is -1.64. The van der Waals surface area contributed by atoms with E-state index in [0.29, 0.717) is 12.8 Å². The first-order valence-corrected chi connectivity index (χ1v) is 6.46. The van der Waals surface area contributed by atoms with E-state index in [1.54, 1.807) is 0 Å². The number of ether oxygens (including phenoxy) is 2. The minimum Gasteiger partial charge on any atom is -0.394 e. The van der Waals surface area contributed by atoms with Gasteiger partial charge < -0.3 is 30.1 Å². The van der Waals surface area contributed by atoms with E-state index in [2.05, 4.69) is 11.2 Å². The number of terminal acetylenes is 1. The monoisotopic (exact) mass is 287 g/mol. The van der Waals surface area contributed by atoms with Gasteiger partial charge in [-0.2, -0.15) is 0 Å². The molecule has 4 N–H and O–H groups in total. The smallest absolute Gasteiger partial charge is 0.217 e. The normalized spacial score (nSPS) is 33.5. The van der Waals surface area contributed by atoms with E-state index in [1.807, 2.05) is 0 Å². The van der Waals surface area contributed by atoms with Crippen molar-refractivity contribution in [2.45, 2.75) is 50.4 Å². The van der Waals surface area contributed by atoms with Crippen molar-refractivity contribution in [3.63, 3.8) is 0 Å². The average molecular weight is 287 g/mol. The molecule has 0 unspecified atom stereocenters. The highest BCUT2D eigenvalue weighted by Gasteiger charge is 2.45. The summed E-state index contributed by atoms with van der Waals surface area (Å²) >= 11 is 0.